The number of anilines is 1. The lowest BCUT2D eigenvalue weighted by molar-refractivity contribution is -0.135. The minimum absolute atomic E-state index is 0.0164. The number of ketones is 1. The summed E-state index contributed by atoms with van der Waals surface area (Å²) in [5.41, 5.74) is 5.58. The highest BCUT2D eigenvalue weighted by molar-refractivity contribution is 6.02. The van der Waals surface area contributed by atoms with Crippen molar-refractivity contribution in [1.82, 2.24) is 10.2 Å². The van der Waals surface area contributed by atoms with Crippen LogP contribution in [0.1, 0.15) is 129 Å². The van der Waals surface area contributed by atoms with E-state index in [1.165, 1.54) is 23.3 Å². The summed E-state index contributed by atoms with van der Waals surface area (Å²) < 4.78 is 12.0. The van der Waals surface area contributed by atoms with E-state index in [-0.39, 0.29) is 47.7 Å². The molecule has 0 bridgehead atoms. The molecule has 1 aromatic carbocycles. The third-order valence-corrected chi connectivity index (χ3v) is 10.0. The molecule has 1 N–H and O–H groups in total. The van der Waals surface area contributed by atoms with Gasteiger partial charge in [-0.15, -0.1) is 0 Å². The second kappa shape index (κ2) is 16.3. The highest BCUT2D eigenvalue weighted by Crippen LogP contribution is 2.37. The van der Waals surface area contributed by atoms with Gasteiger partial charge in [0, 0.05) is 55.7 Å². The molecule has 2 unspecified atom stereocenters. The van der Waals surface area contributed by atoms with Crippen molar-refractivity contribution in [2.24, 2.45) is 11.8 Å². The Morgan fingerprint density at radius 1 is 0.936 bits per heavy atom. The second-order valence-electron chi connectivity index (χ2n) is 14.8. The maximum Gasteiger partial charge on any atom is 0.410 e. The number of amides is 3. The number of likely N-dealkylation sites (tertiary alicyclic amines) is 1. The summed E-state index contributed by atoms with van der Waals surface area (Å²) in [6, 6.07) is 6.48. The molecule has 3 saturated heterocycles. The summed E-state index contributed by atoms with van der Waals surface area (Å²) in [4.78, 5) is 51.0. The molecular formula is C38H57N3O6. The maximum atomic E-state index is 13.2. The van der Waals surface area contributed by atoms with Crippen LogP contribution in [0.4, 0.5) is 10.5 Å². The number of allylic oxidation sites excluding steroid dienone is 2. The van der Waals surface area contributed by atoms with Gasteiger partial charge in [-0.1, -0.05) is 26.3 Å². The lowest BCUT2D eigenvalue weighted by Crippen LogP contribution is -2.45. The van der Waals surface area contributed by atoms with Gasteiger partial charge < -0.3 is 19.3 Å². The van der Waals surface area contributed by atoms with Crippen molar-refractivity contribution in [2.45, 2.75) is 130 Å². The number of hydrogen-bond acceptors (Lipinski definition) is 7. The fourth-order valence-corrected chi connectivity index (χ4v) is 6.45. The zero-order valence-electron chi connectivity index (χ0n) is 29.8. The lowest BCUT2D eigenvalue weighted by Gasteiger charge is -2.38. The summed E-state index contributed by atoms with van der Waals surface area (Å²) in [5, 5.41) is 2.25. The van der Waals surface area contributed by atoms with E-state index in [9.17, 15) is 19.2 Å². The van der Waals surface area contributed by atoms with Crippen molar-refractivity contribution in [1.29, 1.82) is 0 Å². The molecule has 4 fully saturated rings. The number of piperidine rings is 3. The van der Waals surface area contributed by atoms with E-state index < -0.39 is 5.60 Å². The molecule has 3 heterocycles. The molecule has 9 nitrogen and oxygen atoms in total. The zero-order chi connectivity index (χ0) is 34.3. The van der Waals surface area contributed by atoms with Crippen molar-refractivity contribution in [3.05, 3.63) is 34.9 Å². The van der Waals surface area contributed by atoms with E-state index in [1.54, 1.807) is 0 Å². The van der Waals surface area contributed by atoms with Crippen LogP contribution in [0.2, 0.25) is 0 Å². The van der Waals surface area contributed by atoms with Gasteiger partial charge in [-0.05, 0) is 115 Å². The fraction of sp³-hybridized carbons (Fsp3) is 0.684. The molecule has 5 rings (SSSR count). The number of carbonyl (C=O) groups excluding carboxylic acids is 4. The third kappa shape index (κ3) is 10.1. The van der Waals surface area contributed by atoms with Crippen LogP contribution in [0.25, 0.3) is 5.57 Å². The highest BCUT2D eigenvalue weighted by atomic mass is 16.6. The summed E-state index contributed by atoms with van der Waals surface area (Å²) >= 11 is 0. The van der Waals surface area contributed by atoms with Gasteiger partial charge in [0.1, 0.15) is 5.60 Å². The topological polar surface area (TPSA) is 105 Å². The highest BCUT2D eigenvalue weighted by Gasteiger charge is 2.30. The fourth-order valence-electron chi connectivity index (χ4n) is 6.45. The normalized spacial score (nSPS) is 21.7. The van der Waals surface area contributed by atoms with Crippen molar-refractivity contribution >= 4 is 35.0 Å². The largest absolute Gasteiger partial charge is 0.444 e. The first-order valence-corrected chi connectivity index (χ1v) is 17.8. The molecule has 0 spiro atoms. The number of imide groups is 1. The van der Waals surface area contributed by atoms with E-state index in [2.05, 4.69) is 42.3 Å². The quantitative estimate of drug-likeness (QED) is 0.243. The summed E-state index contributed by atoms with van der Waals surface area (Å²) in [7, 11) is 0. The Labute approximate surface area is 281 Å². The summed E-state index contributed by atoms with van der Waals surface area (Å²) in [6.45, 7) is 17.2. The van der Waals surface area contributed by atoms with Crippen LogP contribution in [0.3, 0.4) is 0 Å². The summed E-state index contributed by atoms with van der Waals surface area (Å²) in [6.07, 6.45) is 9.60. The first-order chi connectivity index (χ1) is 22.3. The minimum atomic E-state index is -0.463. The van der Waals surface area contributed by atoms with Crippen LogP contribution in [0.5, 0.6) is 0 Å². The molecule has 2 atom stereocenters. The number of benzene rings is 1. The predicted octanol–water partition coefficient (Wildman–Crippen LogP) is 7.32. The number of hydrogen-bond donors (Lipinski definition) is 1. The Balaban J connectivity index is 0.000000479. The molecule has 1 aromatic rings. The van der Waals surface area contributed by atoms with Gasteiger partial charge in [0.25, 0.3) is 0 Å². The van der Waals surface area contributed by atoms with Crippen LogP contribution in [-0.2, 0) is 19.1 Å². The molecule has 1 aliphatic carbocycles. The van der Waals surface area contributed by atoms with Crippen LogP contribution in [0.15, 0.2) is 23.8 Å². The Hall–Kier alpha value is -3.20. The van der Waals surface area contributed by atoms with Crippen LogP contribution in [-0.4, -0.2) is 72.6 Å². The Morgan fingerprint density at radius 2 is 1.55 bits per heavy atom. The second-order valence-corrected chi connectivity index (χ2v) is 14.8. The molecule has 0 radical (unpaired) electrons. The van der Waals surface area contributed by atoms with Gasteiger partial charge in [-0.25, -0.2) is 4.79 Å². The smallest absolute Gasteiger partial charge is 0.410 e. The molecule has 9 heteroatoms. The van der Waals surface area contributed by atoms with Gasteiger partial charge in [-0.2, -0.15) is 0 Å². The number of nitrogens with zero attached hydrogens (tertiary/aromatic N) is 2. The molecule has 3 aliphatic heterocycles. The van der Waals surface area contributed by atoms with Crippen LogP contribution < -0.4 is 10.2 Å². The van der Waals surface area contributed by atoms with Crippen LogP contribution >= 0.6 is 0 Å². The molecule has 0 aromatic heterocycles. The van der Waals surface area contributed by atoms with E-state index in [0.29, 0.717) is 25.9 Å². The average molecular weight is 652 g/mol. The number of nitrogens with one attached hydrogen (secondary N) is 1. The SMILES string of the molecule is CC1CCC(=O)NC1=O.CCC(C)C(=O)c1ccc(N2CCC(OC3CCN(C(=O)OC(C)(C)C)CC3)CC2)cc1C(C)=C1CCC1. The standard InChI is InChI=1S/C32H48N2O4.C6H9NO2/c1-7-22(2)30(35)28-12-11-25(21-29(28)23(3)24-9-8-10-24)33-17-13-26(14-18-33)37-27-15-19-34(20-16-27)31(36)38-32(4,5)6;1-4-2-3-5(8)7-6(4)9/h11-12,21-22,26-27H,7-10,13-20H2,1-6H3;4H,2-3H2,1H3,(H,7,8,9). The predicted molar refractivity (Wildman–Crippen MR) is 185 cm³/mol. The maximum absolute atomic E-state index is 13.2. The molecule has 47 heavy (non-hydrogen) atoms. The Kier molecular flexibility index (Phi) is 12.7. The van der Waals surface area contributed by atoms with E-state index in [0.717, 1.165) is 69.2 Å². The van der Waals surface area contributed by atoms with Crippen molar-refractivity contribution in [3.8, 4) is 0 Å². The molecule has 260 valence electrons. The number of ether oxygens (including phenoxy) is 2. The lowest BCUT2D eigenvalue weighted by atomic mass is 9.82. The van der Waals surface area contributed by atoms with Gasteiger partial charge in [-0.3, -0.25) is 19.7 Å². The molecule has 4 aliphatic rings. The van der Waals surface area contributed by atoms with E-state index in [1.807, 2.05) is 39.5 Å². The first-order valence-electron chi connectivity index (χ1n) is 17.8. The molecular weight excluding hydrogens is 594 g/mol. The third-order valence-electron chi connectivity index (χ3n) is 10.0. The molecule has 3 amide bonds. The minimum Gasteiger partial charge on any atom is -0.444 e. The van der Waals surface area contributed by atoms with Crippen molar-refractivity contribution < 1.29 is 28.7 Å². The monoisotopic (exact) mass is 651 g/mol. The van der Waals surface area contributed by atoms with Gasteiger partial charge in [0.05, 0.1) is 12.2 Å². The molecule has 1 saturated carbocycles. The van der Waals surface area contributed by atoms with Gasteiger partial charge in [0.15, 0.2) is 5.78 Å². The van der Waals surface area contributed by atoms with Gasteiger partial charge >= 0.3 is 6.09 Å². The first kappa shape index (κ1) is 36.6. The van der Waals surface area contributed by atoms with Gasteiger partial charge in [0.2, 0.25) is 11.8 Å². The Morgan fingerprint density at radius 3 is 2.06 bits per heavy atom. The Bertz CT molecular complexity index is 1310. The average Bonchev–Trinajstić information content (AvgIpc) is 3.01. The number of carbonyl (C=O) groups is 4. The van der Waals surface area contributed by atoms with E-state index in [4.69, 9.17) is 9.47 Å². The number of rotatable bonds is 7. The summed E-state index contributed by atoms with van der Waals surface area (Å²) in [5.74, 6) is 0.0490. The van der Waals surface area contributed by atoms with Crippen LogP contribution in [0, 0.1) is 11.8 Å². The van der Waals surface area contributed by atoms with Crippen molar-refractivity contribution in [2.75, 3.05) is 31.1 Å². The zero-order valence-corrected chi connectivity index (χ0v) is 29.8. The number of Topliss-reactive ketones (excluding diaryl/α,β-unsaturated/α-hetero) is 1. The van der Waals surface area contributed by atoms with E-state index >= 15 is 0 Å². The van der Waals surface area contributed by atoms with Crippen molar-refractivity contribution in [3.63, 3.8) is 0 Å².